The molecule has 6 nitrogen and oxygen atoms in total. The van der Waals surface area contributed by atoms with E-state index in [1.165, 1.54) is 0 Å². The number of urea groups is 1. The number of nitrogens with zero attached hydrogens (tertiary/aromatic N) is 1. The highest BCUT2D eigenvalue weighted by Crippen LogP contribution is 2.28. The molecule has 0 radical (unpaired) electrons. The molecule has 0 atom stereocenters. The summed E-state index contributed by atoms with van der Waals surface area (Å²) in [5.41, 5.74) is 3.52. The fourth-order valence-electron chi connectivity index (χ4n) is 2.98. The minimum atomic E-state index is -0.289. The van der Waals surface area contributed by atoms with Gasteiger partial charge in [0.1, 0.15) is 5.75 Å². The van der Waals surface area contributed by atoms with Crippen LogP contribution >= 0.6 is 0 Å². The Morgan fingerprint density at radius 3 is 2.62 bits per heavy atom. The number of carbonyl (C=O) groups excluding carboxylic acids is 2. The Morgan fingerprint density at radius 1 is 1.19 bits per heavy atom. The Morgan fingerprint density at radius 2 is 1.96 bits per heavy atom. The maximum absolute atomic E-state index is 12.2. The van der Waals surface area contributed by atoms with Crippen LogP contribution in [0.3, 0.4) is 0 Å². The monoisotopic (exact) mass is 353 g/mol. The molecule has 6 heteroatoms. The third-order valence-corrected chi connectivity index (χ3v) is 4.44. The average Bonchev–Trinajstić information content (AvgIpc) is 3.08. The molecule has 2 N–H and O–H groups in total. The summed E-state index contributed by atoms with van der Waals surface area (Å²) in [5, 5.41) is 5.65. The van der Waals surface area contributed by atoms with Gasteiger partial charge in [0.25, 0.3) is 0 Å². The zero-order valence-corrected chi connectivity index (χ0v) is 15.0. The van der Waals surface area contributed by atoms with E-state index in [4.69, 9.17) is 4.74 Å². The van der Waals surface area contributed by atoms with Crippen LogP contribution < -0.4 is 20.3 Å². The van der Waals surface area contributed by atoms with Crippen molar-refractivity contribution in [1.29, 1.82) is 0 Å². The first kappa shape index (κ1) is 17.8. The lowest BCUT2D eigenvalue weighted by molar-refractivity contribution is -0.117. The van der Waals surface area contributed by atoms with Gasteiger partial charge in [-0.2, -0.15) is 0 Å². The molecule has 1 fully saturated rings. The van der Waals surface area contributed by atoms with Gasteiger partial charge in [-0.15, -0.1) is 0 Å². The number of anilines is 2. The predicted molar refractivity (Wildman–Crippen MR) is 102 cm³/mol. The predicted octanol–water partition coefficient (Wildman–Crippen LogP) is 3.45. The van der Waals surface area contributed by atoms with E-state index in [2.05, 4.69) is 10.6 Å². The quantitative estimate of drug-likeness (QED) is 0.865. The van der Waals surface area contributed by atoms with Gasteiger partial charge in [-0.05, 0) is 48.7 Å². The molecule has 0 aliphatic carbocycles. The maximum atomic E-state index is 12.2. The van der Waals surface area contributed by atoms with Gasteiger partial charge in [-0.25, -0.2) is 4.79 Å². The van der Waals surface area contributed by atoms with Gasteiger partial charge in [0, 0.05) is 30.9 Å². The Bertz CT molecular complexity index is 802. The molecule has 1 heterocycles. The third-order valence-electron chi connectivity index (χ3n) is 4.44. The van der Waals surface area contributed by atoms with Crippen LogP contribution in [0.2, 0.25) is 0 Å². The lowest BCUT2D eigenvalue weighted by atomic mass is 10.1. The second-order valence-corrected chi connectivity index (χ2v) is 6.31. The molecule has 1 aliphatic rings. The van der Waals surface area contributed by atoms with Crippen molar-refractivity contribution >= 4 is 23.3 Å². The molecule has 136 valence electrons. The van der Waals surface area contributed by atoms with Crippen molar-refractivity contribution in [3.8, 4) is 5.75 Å². The molecule has 0 bridgehead atoms. The molecule has 2 aromatic rings. The molecule has 3 rings (SSSR count). The maximum Gasteiger partial charge on any atom is 0.319 e. The Labute approximate surface area is 153 Å². The van der Waals surface area contributed by atoms with Gasteiger partial charge in [0.15, 0.2) is 0 Å². The summed E-state index contributed by atoms with van der Waals surface area (Å²) in [7, 11) is 1.62. The topological polar surface area (TPSA) is 70.7 Å². The minimum Gasteiger partial charge on any atom is -0.497 e. The van der Waals surface area contributed by atoms with Crippen molar-refractivity contribution in [3.63, 3.8) is 0 Å². The number of ether oxygens (including phenoxy) is 1. The summed E-state index contributed by atoms with van der Waals surface area (Å²) < 4.78 is 5.12. The van der Waals surface area contributed by atoms with Crippen LogP contribution in [0.5, 0.6) is 5.75 Å². The summed E-state index contributed by atoms with van der Waals surface area (Å²) in [6, 6.07) is 12.8. The van der Waals surface area contributed by atoms with E-state index in [0.717, 1.165) is 35.5 Å². The largest absolute Gasteiger partial charge is 0.497 e. The number of nitrogens with one attached hydrogen (secondary N) is 2. The van der Waals surface area contributed by atoms with Crippen molar-refractivity contribution in [2.75, 3.05) is 23.9 Å². The molecule has 0 spiro atoms. The van der Waals surface area contributed by atoms with E-state index in [1.54, 1.807) is 12.0 Å². The number of aryl methyl sites for hydroxylation is 1. The van der Waals surface area contributed by atoms with Gasteiger partial charge < -0.3 is 20.3 Å². The molecule has 2 aromatic carbocycles. The fraction of sp³-hybridized carbons (Fsp3) is 0.300. The third kappa shape index (κ3) is 4.14. The lowest BCUT2D eigenvalue weighted by Gasteiger charge is -2.19. The minimum absolute atomic E-state index is 0.134. The van der Waals surface area contributed by atoms with E-state index in [1.807, 2.05) is 49.4 Å². The molecule has 3 amide bonds. The Balaban J connectivity index is 1.61. The van der Waals surface area contributed by atoms with Gasteiger partial charge in [0.2, 0.25) is 5.91 Å². The Kier molecular flexibility index (Phi) is 5.41. The molecule has 26 heavy (non-hydrogen) atoms. The number of benzene rings is 2. The highest BCUT2D eigenvalue weighted by Gasteiger charge is 2.23. The van der Waals surface area contributed by atoms with Crippen molar-refractivity contribution in [2.45, 2.75) is 26.3 Å². The van der Waals surface area contributed by atoms with Crippen LogP contribution in [0.4, 0.5) is 16.2 Å². The number of rotatable bonds is 5. The van der Waals surface area contributed by atoms with E-state index in [-0.39, 0.29) is 11.9 Å². The van der Waals surface area contributed by atoms with Crippen LogP contribution in [0.25, 0.3) is 0 Å². The first-order valence-corrected chi connectivity index (χ1v) is 8.65. The molecular formula is C20H23N3O3. The lowest BCUT2D eigenvalue weighted by Crippen LogP contribution is -2.28. The van der Waals surface area contributed by atoms with E-state index in [9.17, 15) is 9.59 Å². The molecule has 0 aromatic heterocycles. The summed E-state index contributed by atoms with van der Waals surface area (Å²) in [4.78, 5) is 25.9. The van der Waals surface area contributed by atoms with Crippen molar-refractivity contribution < 1.29 is 14.3 Å². The molecule has 0 saturated carbocycles. The summed E-state index contributed by atoms with van der Waals surface area (Å²) in [6.07, 6.45) is 1.46. The highest BCUT2D eigenvalue weighted by molar-refractivity contribution is 5.97. The number of hydrogen-bond donors (Lipinski definition) is 2. The zero-order chi connectivity index (χ0) is 18.5. The molecule has 0 unspecified atom stereocenters. The summed E-state index contributed by atoms with van der Waals surface area (Å²) >= 11 is 0. The standard InChI is InChI=1S/C20H23N3O3/c1-14-5-8-16(12-18(14)23-11-3-4-19(23)24)22-20(25)21-13-15-6-9-17(26-2)10-7-15/h5-10,12H,3-4,11,13H2,1-2H3,(H2,21,22,25). The van der Waals surface area contributed by atoms with Crippen LogP contribution in [-0.2, 0) is 11.3 Å². The zero-order valence-electron chi connectivity index (χ0n) is 15.0. The van der Waals surface area contributed by atoms with Crippen LogP contribution in [-0.4, -0.2) is 25.6 Å². The van der Waals surface area contributed by atoms with Gasteiger partial charge in [-0.3, -0.25) is 4.79 Å². The summed E-state index contributed by atoms with van der Waals surface area (Å²) in [6.45, 7) is 3.11. The van der Waals surface area contributed by atoms with E-state index >= 15 is 0 Å². The molecule has 1 aliphatic heterocycles. The van der Waals surface area contributed by atoms with Crippen LogP contribution in [0.1, 0.15) is 24.0 Å². The van der Waals surface area contributed by atoms with Gasteiger partial charge >= 0.3 is 6.03 Å². The first-order valence-electron chi connectivity index (χ1n) is 8.65. The van der Waals surface area contributed by atoms with E-state index in [0.29, 0.717) is 18.7 Å². The van der Waals surface area contributed by atoms with Crippen molar-refractivity contribution in [3.05, 3.63) is 53.6 Å². The highest BCUT2D eigenvalue weighted by atomic mass is 16.5. The second-order valence-electron chi connectivity index (χ2n) is 6.31. The number of carbonyl (C=O) groups is 2. The van der Waals surface area contributed by atoms with Crippen molar-refractivity contribution in [1.82, 2.24) is 5.32 Å². The normalized spacial score (nSPS) is 13.6. The Hall–Kier alpha value is -3.02. The number of amides is 3. The second kappa shape index (κ2) is 7.91. The molecular weight excluding hydrogens is 330 g/mol. The average molecular weight is 353 g/mol. The van der Waals surface area contributed by atoms with Gasteiger partial charge in [-0.1, -0.05) is 18.2 Å². The van der Waals surface area contributed by atoms with Gasteiger partial charge in [0.05, 0.1) is 7.11 Å². The smallest absolute Gasteiger partial charge is 0.319 e. The summed E-state index contributed by atoms with van der Waals surface area (Å²) in [5.74, 6) is 0.913. The van der Waals surface area contributed by atoms with Crippen molar-refractivity contribution in [2.24, 2.45) is 0 Å². The first-order chi connectivity index (χ1) is 12.6. The van der Waals surface area contributed by atoms with Crippen LogP contribution in [0, 0.1) is 6.92 Å². The number of hydrogen-bond acceptors (Lipinski definition) is 3. The number of methoxy groups -OCH3 is 1. The van der Waals surface area contributed by atoms with E-state index < -0.39 is 0 Å². The molecule has 1 saturated heterocycles. The van der Waals surface area contributed by atoms with Crippen LogP contribution in [0.15, 0.2) is 42.5 Å². The SMILES string of the molecule is COc1ccc(CNC(=O)Nc2ccc(C)c(N3CCCC3=O)c2)cc1. The fourth-order valence-corrected chi connectivity index (χ4v) is 2.98.